The van der Waals surface area contributed by atoms with E-state index in [-0.39, 0.29) is 13.0 Å². The first-order chi connectivity index (χ1) is 20.0. The zero-order chi connectivity index (χ0) is 31.0. The van der Waals surface area contributed by atoms with Crippen molar-refractivity contribution < 1.29 is 43.7 Å². The first-order valence-corrected chi connectivity index (χ1v) is 15.7. The van der Waals surface area contributed by atoms with E-state index in [9.17, 15) is 28.9 Å². The number of hydrogen-bond donors (Lipinski definition) is 6. The van der Waals surface area contributed by atoms with Crippen LogP contribution in [0.5, 0.6) is 0 Å². The third-order valence-electron chi connectivity index (χ3n) is 6.89. The van der Waals surface area contributed by atoms with Crippen molar-refractivity contribution in [3.05, 3.63) is 54.1 Å². The Morgan fingerprint density at radius 2 is 1.79 bits per heavy atom. The molecule has 42 heavy (non-hydrogen) atoms. The second kappa shape index (κ2) is 18.6. The molecule has 0 saturated heterocycles. The average molecular weight is 611 g/mol. The van der Waals surface area contributed by atoms with Gasteiger partial charge in [0.25, 0.3) is 5.91 Å². The molecule has 0 aliphatic heterocycles. The van der Waals surface area contributed by atoms with E-state index in [1.54, 1.807) is 0 Å². The number of carbonyl (C=O) groups is 3. The number of nitrogens with one attached hydrogen (secondary N) is 2. The number of hydrogen-bond acceptors (Lipinski definition) is 8. The topological polar surface area (TPSA) is 222 Å². The fourth-order valence-corrected chi connectivity index (χ4v) is 5.39. The fraction of sp³-hybridized carbons (Fsp3) is 0.571. The smallest absolute Gasteiger partial charge is 0.394 e. The molecule has 13 nitrogen and oxygen atoms in total. The van der Waals surface area contributed by atoms with Gasteiger partial charge >= 0.3 is 7.82 Å². The molecule has 0 fully saturated rings. The van der Waals surface area contributed by atoms with Crippen LogP contribution in [0.1, 0.15) is 63.1 Å². The van der Waals surface area contributed by atoms with Gasteiger partial charge in [0, 0.05) is 18.3 Å². The van der Waals surface area contributed by atoms with E-state index in [0.29, 0.717) is 12.1 Å². The van der Waals surface area contributed by atoms with E-state index in [1.807, 2.05) is 18.2 Å². The van der Waals surface area contributed by atoms with Crippen molar-refractivity contribution in [2.45, 2.75) is 82.9 Å². The SMILES string of the molecule is C[C@@H](OP(=O)(O)OCCCCCCCCc1ccccc1)[C@H](CC(=O)[C@H](CO)NC(=O)[C@@H]([NH3+])Cc1cnc[nH]1)C(N)=O. The summed E-state index contributed by atoms with van der Waals surface area (Å²) >= 11 is 0. The quantitative estimate of drug-likeness (QED) is 0.0831. The molecular formula is C28H45N5O8P+. The van der Waals surface area contributed by atoms with Gasteiger partial charge in [-0.05, 0) is 31.7 Å². The standard InChI is InChI=1S/C28H44N5O8P/c1-20(41-42(38,39)40-14-10-5-3-2-4-7-11-21-12-8-6-9-13-21)23(27(30)36)16-26(35)25(18-34)33-28(37)24(29)15-22-17-31-19-32-22/h6,8-9,12-13,17,19-20,23-25,34H,2-5,7,10-11,14-16,18,29H2,1H3,(H2,30,36)(H,31,32)(H,33,37)(H,38,39)/p+1/t20-,23+,24+,25+/m1/s1. The van der Waals surface area contributed by atoms with Crippen LogP contribution in [0.2, 0.25) is 0 Å². The van der Waals surface area contributed by atoms with E-state index in [1.165, 1.54) is 25.0 Å². The van der Waals surface area contributed by atoms with Gasteiger partial charge in [-0.3, -0.25) is 23.4 Å². The van der Waals surface area contributed by atoms with Gasteiger partial charge in [0.2, 0.25) is 5.91 Å². The largest absolute Gasteiger partial charge is 0.472 e. The van der Waals surface area contributed by atoms with Gasteiger partial charge in [0.15, 0.2) is 11.8 Å². The highest BCUT2D eigenvalue weighted by Crippen LogP contribution is 2.46. The van der Waals surface area contributed by atoms with Gasteiger partial charge in [0.05, 0.1) is 38.0 Å². The summed E-state index contributed by atoms with van der Waals surface area (Å²) in [4.78, 5) is 54.2. The highest BCUT2D eigenvalue weighted by atomic mass is 31.2. The molecule has 0 aliphatic rings. The van der Waals surface area contributed by atoms with Crippen LogP contribution < -0.4 is 16.8 Å². The second-order valence-electron chi connectivity index (χ2n) is 10.4. The molecule has 9 N–H and O–H groups in total. The Kier molecular flexibility index (Phi) is 15.6. The van der Waals surface area contributed by atoms with Crippen molar-refractivity contribution >= 4 is 25.4 Å². The summed E-state index contributed by atoms with van der Waals surface area (Å²) in [6.45, 7) is 0.595. The highest BCUT2D eigenvalue weighted by molar-refractivity contribution is 7.47. The molecule has 2 aromatic rings. The molecule has 1 aromatic carbocycles. The summed E-state index contributed by atoms with van der Waals surface area (Å²) < 4.78 is 22.6. The Labute approximate surface area is 246 Å². The summed E-state index contributed by atoms with van der Waals surface area (Å²) in [6.07, 6.45) is 8.11. The fourth-order valence-electron chi connectivity index (χ4n) is 4.41. The molecule has 0 bridgehead atoms. The maximum Gasteiger partial charge on any atom is 0.472 e. The van der Waals surface area contributed by atoms with Crippen molar-refractivity contribution in [3.8, 4) is 0 Å². The summed E-state index contributed by atoms with van der Waals surface area (Å²) in [6, 6.07) is 8.20. The number of phosphoric ester groups is 1. The van der Waals surface area contributed by atoms with Crippen LogP contribution in [0.4, 0.5) is 0 Å². The van der Waals surface area contributed by atoms with Crippen molar-refractivity contribution in [1.29, 1.82) is 0 Å². The van der Waals surface area contributed by atoms with E-state index in [2.05, 4.69) is 33.2 Å². The third-order valence-corrected chi connectivity index (χ3v) is 8.00. The summed E-state index contributed by atoms with van der Waals surface area (Å²) in [7, 11) is -4.53. The molecule has 2 amide bonds. The Morgan fingerprint density at radius 3 is 2.40 bits per heavy atom. The maximum atomic E-state index is 12.8. The minimum atomic E-state index is -4.53. The number of ketones is 1. The van der Waals surface area contributed by atoms with Crippen LogP contribution in [-0.2, 0) is 40.8 Å². The Bertz CT molecular complexity index is 1130. The van der Waals surface area contributed by atoms with Gasteiger partial charge in [-0.1, -0.05) is 56.0 Å². The number of quaternary nitrogens is 1. The molecule has 1 unspecified atom stereocenters. The van der Waals surface area contributed by atoms with E-state index < -0.39 is 62.6 Å². The third kappa shape index (κ3) is 13.4. The molecule has 234 valence electrons. The lowest BCUT2D eigenvalue weighted by molar-refractivity contribution is -0.403. The number of H-pyrrole nitrogens is 1. The average Bonchev–Trinajstić information content (AvgIpc) is 3.46. The lowest BCUT2D eigenvalue weighted by Gasteiger charge is -2.24. The van der Waals surface area contributed by atoms with Gasteiger partial charge in [-0.2, -0.15) is 0 Å². The normalized spacial score (nSPS) is 15.7. The number of rotatable bonds is 22. The predicted octanol–water partition coefficient (Wildman–Crippen LogP) is 1.21. The first-order valence-electron chi connectivity index (χ1n) is 14.3. The molecule has 0 spiro atoms. The van der Waals surface area contributed by atoms with Crippen molar-refractivity contribution in [2.24, 2.45) is 11.7 Å². The van der Waals surface area contributed by atoms with Gasteiger partial charge < -0.3 is 31.8 Å². The zero-order valence-corrected chi connectivity index (χ0v) is 25.0. The number of aryl methyl sites for hydroxylation is 1. The summed E-state index contributed by atoms with van der Waals surface area (Å²) in [5.41, 5.74) is 11.2. The van der Waals surface area contributed by atoms with Crippen LogP contribution in [0.3, 0.4) is 0 Å². The molecule has 1 aromatic heterocycles. The summed E-state index contributed by atoms with van der Waals surface area (Å²) in [5.74, 6) is -3.53. The number of benzene rings is 1. The molecule has 0 radical (unpaired) electrons. The number of amides is 2. The van der Waals surface area contributed by atoms with Crippen molar-refractivity contribution in [3.63, 3.8) is 0 Å². The van der Waals surface area contributed by atoms with Crippen LogP contribution in [-0.4, -0.2) is 69.0 Å². The number of unbranched alkanes of at least 4 members (excludes halogenated alkanes) is 5. The Morgan fingerprint density at radius 1 is 1.12 bits per heavy atom. The van der Waals surface area contributed by atoms with Gasteiger partial charge in [-0.25, -0.2) is 9.55 Å². The molecule has 14 heteroatoms. The van der Waals surface area contributed by atoms with E-state index in [0.717, 1.165) is 38.5 Å². The highest BCUT2D eigenvalue weighted by Gasteiger charge is 2.35. The number of aliphatic hydroxyl groups excluding tert-OH is 1. The minimum absolute atomic E-state index is 0.00589. The maximum absolute atomic E-state index is 12.8. The lowest BCUT2D eigenvalue weighted by Crippen LogP contribution is -2.69. The Balaban J connectivity index is 1.72. The number of nitrogens with two attached hydrogens (primary N) is 1. The zero-order valence-electron chi connectivity index (χ0n) is 24.2. The predicted molar refractivity (Wildman–Crippen MR) is 154 cm³/mol. The van der Waals surface area contributed by atoms with E-state index >= 15 is 0 Å². The Hall–Kier alpha value is -2.93. The molecule has 5 atom stereocenters. The van der Waals surface area contributed by atoms with Crippen LogP contribution in [0, 0.1) is 5.92 Å². The van der Waals surface area contributed by atoms with Crippen molar-refractivity contribution in [1.82, 2.24) is 15.3 Å². The number of aliphatic hydroxyl groups is 1. The van der Waals surface area contributed by atoms with Crippen LogP contribution in [0.15, 0.2) is 42.9 Å². The van der Waals surface area contributed by atoms with Crippen molar-refractivity contribution in [2.75, 3.05) is 13.2 Å². The molecular weight excluding hydrogens is 565 g/mol. The minimum Gasteiger partial charge on any atom is -0.394 e. The van der Waals surface area contributed by atoms with Crippen LogP contribution >= 0.6 is 7.82 Å². The number of aromatic nitrogens is 2. The summed E-state index contributed by atoms with van der Waals surface area (Å²) in [5, 5.41) is 12.1. The number of aromatic amines is 1. The molecule has 2 rings (SSSR count). The first kappa shape index (κ1) is 35.3. The molecule has 0 saturated carbocycles. The second-order valence-corrected chi connectivity index (χ2v) is 11.8. The number of Topliss-reactive ketones (excluding diaryl/α,β-unsaturated/α-hetero) is 1. The number of carbonyl (C=O) groups excluding carboxylic acids is 3. The number of nitrogens with zero attached hydrogens (tertiary/aromatic N) is 1. The van der Waals surface area contributed by atoms with Gasteiger partial charge in [0.1, 0.15) is 6.04 Å². The lowest BCUT2D eigenvalue weighted by atomic mass is 9.93. The number of primary amides is 1. The van der Waals surface area contributed by atoms with Crippen LogP contribution in [0.25, 0.3) is 0 Å². The van der Waals surface area contributed by atoms with E-state index in [4.69, 9.17) is 14.8 Å². The van der Waals surface area contributed by atoms with Gasteiger partial charge in [-0.15, -0.1) is 0 Å². The number of imidazole rings is 1. The molecule has 1 heterocycles. The monoisotopic (exact) mass is 610 g/mol. The molecule has 0 aliphatic carbocycles. The number of phosphoric acid groups is 1.